The van der Waals surface area contributed by atoms with E-state index in [-0.39, 0.29) is 11.2 Å². The van der Waals surface area contributed by atoms with Crippen LogP contribution in [-0.2, 0) is 7.05 Å². The lowest BCUT2D eigenvalue weighted by atomic mass is 9.88. The van der Waals surface area contributed by atoms with Crippen LogP contribution in [0, 0.1) is 31.1 Å². The summed E-state index contributed by atoms with van der Waals surface area (Å²) in [5.41, 5.74) is 2.39. The number of fused-ring (bicyclic) bond motifs is 2. The third-order valence-corrected chi connectivity index (χ3v) is 7.94. The molecule has 7 nitrogen and oxygen atoms in total. The van der Waals surface area contributed by atoms with E-state index in [1.807, 2.05) is 32.2 Å². The highest BCUT2D eigenvalue weighted by Gasteiger charge is 2.34. The molecule has 1 saturated carbocycles. The van der Waals surface area contributed by atoms with E-state index in [1.54, 1.807) is 21.5 Å². The highest BCUT2D eigenvalue weighted by atomic mass is 19.1. The molecule has 1 saturated heterocycles. The van der Waals surface area contributed by atoms with Gasteiger partial charge in [0.1, 0.15) is 17.5 Å². The van der Waals surface area contributed by atoms with E-state index in [2.05, 4.69) is 14.8 Å². The zero-order valence-electron chi connectivity index (χ0n) is 20.4. The Kier molecular flexibility index (Phi) is 5.36. The predicted molar refractivity (Wildman–Crippen MR) is 138 cm³/mol. The molecule has 1 aliphatic carbocycles. The normalized spacial score (nSPS) is 19.4. The summed E-state index contributed by atoms with van der Waals surface area (Å²) in [5, 5.41) is 5.21. The average molecular weight is 483 g/mol. The average Bonchev–Trinajstić information content (AvgIpc) is 3.51. The van der Waals surface area contributed by atoms with Crippen LogP contribution in [0.1, 0.15) is 31.2 Å². The lowest BCUT2D eigenvalue weighted by molar-refractivity contribution is 0.322. The second-order valence-electron chi connectivity index (χ2n) is 10.00. The fraction of sp³-hybridized carbons (Fsp3) is 0.357. The standard InChI is InChI=1S/C28H27FN6O/c1-17-26(34-12-11-18-5-4-6-20(18)16-34)32-27(19-7-9-24(30-2)23(29)14-19)35(28(17)36)22-8-10-25-21(13-22)15-31-33(25)3/h7-10,13-15,18,20H,4-6,11-12,16H2,1,3H3. The molecule has 8 heteroatoms. The molecule has 2 aromatic heterocycles. The molecule has 0 spiro atoms. The topological polar surface area (TPSA) is 60.3 Å². The molecule has 0 radical (unpaired) electrons. The maximum atomic E-state index is 14.7. The van der Waals surface area contributed by atoms with Crippen LogP contribution >= 0.6 is 0 Å². The number of piperidine rings is 1. The summed E-state index contributed by atoms with van der Waals surface area (Å²) in [7, 11) is 1.87. The van der Waals surface area contributed by atoms with Gasteiger partial charge in [-0.25, -0.2) is 14.2 Å². The molecule has 2 unspecified atom stereocenters. The second kappa shape index (κ2) is 8.59. The van der Waals surface area contributed by atoms with Gasteiger partial charge in [-0.15, -0.1) is 0 Å². The van der Waals surface area contributed by atoms with Crippen LogP contribution in [0.4, 0.5) is 15.9 Å². The summed E-state index contributed by atoms with van der Waals surface area (Å²) in [5.74, 6) is 1.82. The van der Waals surface area contributed by atoms with Crippen molar-refractivity contribution in [1.82, 2.24) is 19.3 Å². The number of aromatic nitrogens is 4. The predicted octanol–water partition coefficient (Wildman–Crippen LogP) is 5.41. The Balaban J connectivity index is 1.55. The highest BCUT2D eigenvalue weighted by Crippen LogP contribution is 2.39. The molecule has 182 valence electrons. The van der Waals surface area contributed by atoms with Gasteiger partial charge >= 0.3 is 0 Å². The first-order valence-corrected chi connectivity index (χ1v) is 12.4. The van der Waals surface area contributed by atoms with Gasteiger partial charge in [-0.2, -0.15) is 5.10 Å². The Morgan fingerprint density at radius 3 is 2.75 bits per heavy atom. The first kappa shape index (κ1) is 22.5. The van der Waals surface area contributed by atoms with Crippen molar-refractivity contribution < 1.29 is 4.39 Å². The zero-order chi connectivity index (χ0) is 25.0. The zero-order valence-corrected chi connectivity index (χ0v) is 20.4. The fourth-order valence-corrected chi connectivity index (χ4v) is 5.98. The summed E-state index contributed by atoms with van der Waals surface area (Å²) in [6.07, 6.45) is 6.65. The third-order valence-electron chi connectivity index (χ3n) is 7.94. The molecule has 2 atom stereocenters. The summed E-state index contributed by atoms with van der Waals surface area (Å²) in [4.78, 5) is 24.4. The van der Waals surface area contributed by atoms with Crippen LogP contribution in [0.5, 0.6) is 0 Å². The molecule has 6 rings (SSSR count). The number of aryl methyl sites for hydroxylation is 1. The minimum atomic E-state index is -0.625. The molecular weight excluding hydrogens is 455 g/mol. The van der Waals surface area contributed by atoms with Gasteiger partial charge in [-0.3, -0.25) is 14.0 Å². The maximum absolute atomic E-state index is 14.7. The largest absolute Gasteiger partial charge is 0.356 e. The highest BCUT2D eigenvalue weighted by molar-refractivity contribution is 5.81. The Morgan fingerprint density at radius 2 is 1.94 bits per heavy atom. The van der Waals surface area contributed by atoms with E-state index < -0.39 is 5.82 Å². The monoisotopic (exact) mass is 482 g/mol. The molecule has 36 heavy (non-hydrogen) atoms. The van der Waals surface area contributed by atoms with Crippen molar-refractivity contribution in [2.45, 2.75) is 32.6 Å². The van der Waals surface area contributed by atoms with Crippen LogP contribution in [-0.4, -0.2) is 32.4 Å². The maximum Gasteiger partial charge on any atom is 0.263 e. The van der Waals surface area contributed by atoms with E-state index in [9.17, 15) is 9.18 Å². The van der Waals surface area contributed by atoms with Crippen molar-refractivity contribution in [1.29, 1.82) is 0 Å². The van der Waals surface area contributed by atoms with Crippen molar-refractivity contribution >= 4 is 22.4 Å². The smallest absolute Gasteiger partial charge is 0.263 e. The number of nitrogens with zero attached hydrogens (tertiary/aromatic N) is 6. The number of rotatable bonds is 3. The van der Waals surface area contributed by atoms with Gasteiger partial charge in [0, 0.05) is 31.1 Å². The van der Waals surface area contributed by atoms with Gasteiger partial charge in [0.25, 0.3) is 5.56 Å². The van der Waals surface area contributed by atoms with Gasteiger partial charge in [0.15, 0.2) is 0 Å². The number of hydrogen-bond acceptors (Lipinski definition) is 4. The lowest BCUT2D eigenvalue weighted by Gasteiger charge is -2.36. The second-order valence-corrected chi connectivity index (χ2v) is 10.00. The number of hydrogen-bond donors (Lipinski definition) is 0. The van der Waals surface area contributed by atoms with E-state index in [4.69, 9.17) is 11.6 Å². The van der Waals surface area contributed by atoms with Crippen molar-refractivity contribution in [3.05, 3.63) is 75.7 Å². The summed E-state index contributed by atoms with van der Waals surface area (Å²) in [6.45, 7) is 10.8. The lowest BCUT2D eigenvalue weighted by Crippen LogP contribution is -2.41. The molecule has 0 N–H and O–H groups in total. The molecule has 1 aliphatic heterocycles. The van der Waals surface area contributed by atoms with Crippen LogP contribution in [0.3, 0.4) is 0 Å². The Morgan fingerprint density at radius 1 is 1.11 bits per heavy atom. The first-order chi connectivity index (χ1) is 17.4. The molecule has 0 amide bonds. The van der Waals surface area contributed by atoms with Gasteiger partial charge in [-0.1, -0.05) is 25.0 Å². The van der Waals surface area contributed by atoms with Crippen LogP contribution in [0.2, 0.25) is 0 Å². The summed E-state index contributed by atoms with van der Waals surface area (Å²) < 4.78 is 18.0. The Hall–Kier alpha value is -3.99. The van der Waals surface area contributed by atoms with Crippen molar-refractivity contribution in [3.63, 3.8) is 0 Å². The molecular formula is C28H27FN6O. The quantitative estimate of drug-likeness (QED) is 0.366. The first-order valence-electron chi connectivity index (χ1n) is 12.4. The minimum absolute atomic E-state index is 0.0555. The van der Waals surface area contributed by atoms with E-state index in [1.165, 1.54) is 31.4 Å². The van der Waals surface area contributed by atoms with Crippen LogP contribution < -0.4 is 10.5 Å². The number of benzene rings is 2. The Bertz CT molecular complexity index is 1600. The molecule has 0 bridgehead atoms. The fourth-order valence-electron chi connectivity index (χ4n) is 5.98. The summed E-state index contributed by atoms with van der Waals surface area (Å²) in [6, 6.07) is 10.1. The van der Waals surface area contributed by atoms with Crippen LogP contribution in [0.15, 0.2) is 47.4 Å². The van der Waals surface area contributed by atoms with Crippen molar-refractivity contribution in [2.75, 3.05) is 18.0 Å². The van der Waals surface area contributed by atoms with Gasteiger partial charge in [-0.05, 0) is 55.9 Å². The SMILES string of the molecule is [C-]#[N+]c1ccc(-c2nc(N3CCC4CCCC4C3)c(C)c(=O)n2-c2ccc3c(cnn3C)c2)cc1F. The van der Waals surface area contributed by atoms with Gasteiger partial charge in [0.05, 0.1) is 29.5 Å². The molecule has 3 heterocycles. The van der Waals surface area contributed by atoms with Crippen molar-refractivity contribution in [3.8, 4) is 17.1 Å². The van der Waals surface area contributed by atoms with E-state index in [0.29, 0.717) is 34.4 Å². The third kappa shape index (κ3) is 3.58. The molecule has 4 aromatic rings. The van der Waals surface area contributed by atoms with E-state index >= 15 is 0 Å². The molecule has 2 aliphatic rings. The summed E-state index contributed by atoms with van der Waals surface area (Å²) >= 11 is 0. The minimum Gasteiger partial charge on any atom is -0.356 e. The number of anilines is 1. The molecule has 2 aromatic carbocycles. The Labute approximate surface area is 208 Å². The van der Waals surface area contributed by atoms with Gasteiger partial charge in [0.2, 0.25) is 5.69 Å². The number of halogens is 1. The molecule has 2 fully saturated rings. The van der Waals surface area contributed by atoms with Gasteiger partial charge < -0.3 is 4.90 Å². The van der Waals surface area contributed by atoms with Crippen molar-refractivity contribution in [2.24, 2.45) is 18.9 Å². The van der Waals surface area contributed by atoms with E-state index in [0.717, 1.165) is 36.3 Å². The van der Waals surface area contributed by atoms with Crippen LogP contribution in [0.25, 0.3) is 32.8 Å².